The van der Waals surface area contributed by atoms with E-state index >= 15 is 0 Å². The van der Waals surface area contributed by atoms with Crippen molar-refractivity contribution >= 4 is 38.1 Å². The molecular weight excluding hydrogens is 422 g/mol. The van der Waals surface area contributed by atoms with Gasteiger partial charge < -0.3 is 0 Å². The van der Waals surface area contributed by atoms with E-state index in [1.807, 2.05) is 35.7 Å². The predicted molar refractivity (Wildman–Crippen MR) is 115 cm³/mol. The molecule has 0 saturated carbocycles. The van der Waals surface area contributed by atoms with E-state index < -0.39 is 15.9 Å². The summed E-state index contributed by atoms with van der Waals surface area (Å²) in [5.74, 6) is -0.504. The highest BCUT2D eigenvalue weighted by molar-refractivity contribution is 7.92. The first-order valence-corrected chi connectivity index (χ1v) is 11.1. The van der Waals surface area contributed by atoms with Gasteiger partial charge in [-0.2, -0.15) is 0 Å². The predicted octanol–water partition coefficient (Wildman–Crippen LogP) is 3.65. The van der Waals surface area contributed by atoms with E-state index in [2.05, 4.69) is 25.0 Å². The molecular formula is C20H15N5O3S2. The van der Waals surface area contributed by atoms with Crippen LogP contribution in [0.3, 0.4) is 0 Å². The third-order valence-corrected chi connectivity index (χ3v) is 6.16. The molecule has 4 aromatic rings. The maximum Gasteiger partial charge on any atom is 0.263 e. The highest BCUT2D eigenvalue weighted by Crippen LogP contribution is 2.26. The zero-order valence-corrected chi connectivity index (χ0v) is 17.0. The number of thiazole rings is 1. The van der Waals surface area contributed by atoms with E-state index in [-0.39, 0.29) is 16.1 Å². The highest BCUT2D eigenvalue weighted by atomic mass is 32.2. The summed E-state index contributed by atoms with van der Waals surface area (Å²) in [4.78, 5) is 24.9. The Balaban J connectivity index is 1.55. The normalized spacial score (nSPS) is 11.1. The molecule has 8 nitrogen and oxygen atoms in total. The summed E-state index contributed by atoms with van der Waals surface area (Å²) in [6.45, 7) is 0. The highest BCUT2D eigenvalue weighted by Gasteiger charge is 2.20. The first kappa shape index (κ1) is 19.7. The van der Waals surface area contributed by atoms with Crippen LogP contribution in [0.1, 0.15) is 10.4 Å². The minimum atomic E-state index is -3.92. The van der Waals surface area contributed by atoms with Crippen molar-refractivity contribution in [2.24, 2.45) is 0 Å². The Labute approximate surface area is 176 Å². The molecule has 1 amide bonds. The summed E-state index contributed by atoms with van der Waals surface area (Å²) in [7, 11) is -3.92. The summed E-state index contributed by atoms with van der Waals surface area (Å²) in [5, 5.41) is 4.94. The van der Waals surface area contributed by atoms with E-state index in [1.54, 1.807) is 0 Å². The topological polar surface area (TPSA) is 114 Å². The second kappa shape index (κ2) is 8.39. The van der Waals surface area contributed by atoms with E-state index in [9.17, 15) is 13.2 Å². The van der Waals surface area contributed by atoms with Gasteiger partial charge in [0, 0.05) is 29.5 Å². The maximum absolute atomic E-state index is 12.8. The Morgan fingerprint density at radius 2 is 1.73 bits per heavy atom. The lowest BCUT2D eigenvalue weighted by Crippen LogP contribution is -2.19. The monoisotopic (exact) mass is 437 g/mol. The van der Waals surface area contributed by atoms with Crippen molar-refractivity contribution < 1.29 is 13.2 Å². The van der Waals surface area contributed by atoms with Crippen LogP contribution in [0.15, 0.2) is 83.6 Å². The molecule has 0 spiro atoms. The lowest BCUT2D eigenvalue weighted by molar-refractivity contribution is 0.102. The molecule has 0 aliphatic rings. The van der Waals surface area contributed by atoms with E-state index in [0.717, 1.165) is 11.3 Å². The first-order chi connectivity index (χ1) is 14.5. The molecule has 0 aliphatic carbocycles. The Morgan fingerprint density at radius 1 is 0.933 bits per heavy atom. The van der Waals surface area contributed by atoms with Crippen LogP contribution < -0.4 is 10.0 Å². The SMILES string of the molecule is O=C(Nc1nc(-c2ccccc2)cs1)c1ccncc1NS(=O)(=O)c1cccnc1. The molecule has 3 aromatic heterocycles. The largest absolute Gasteiger partial charge is 0.298 e. The van der Waals surface area contributed by atoms with Crippen LogP contribution in [0.25, 0.3) is 11.3 Å². The number of nitrogens with one attached hydrogen (secondary N) is 2. The van der Waals surface area contributed by atoms with Crippen molar-refractivity contribution in [2.45, 2.75) is 4.90 Å². The van der Waals surface area contributed by atoms with E-state index in [0.29, 0.717) is 5.13 Å². The summed E-state index contributed by atoms with van der Waals surface area (Å²) >= 11 is 1.28. The number of amides is 1. The zero-order valence-electron chi connectivity index (χ0n) is 15.4. The average Bonchev–Trinajstić information content (AvgIpc) is 3.23. The number of hydrogen-bond acceptors (Lipinski definition) is 7. The molecule has 2 N–H and O–H groups in total. The number of rotatable bonds is 6. The minimum absolute atomic E-state index is 0.0207. The Hall–Kier alpha value is -3.63. The maximum atomic E-state index is 12.8. The van der Waals surface area contributed by atoms with Crippen LogP contribution in [0.5, 0.6) is 0 Å². The van der Waals surface area contributed by atoms with Crippen LogP contribution >= 0.6 is 11.3 Å². The third kappa shape index (κ3) is 4.34. The number of carbonyl (C=O) groups excluding carboxylic acids is 1. The van der Waals surface area contributed by atoms with Gasteiger partial charge in [0.2, 0.25) is 0 Å². The molecule has 4 rings (SSSR count). The van der Waals surface area contributed by atoms with Gasteiger partial charge in [-0.05, 0) is 18.2 Å². The average molecular weight is 438 g/mol. The lowest BCUT2D eigenvalue weighted by Gasteiger charge is -2.11. The van der Waals surface area contributed by atoms with E-state index in [4.69, 9.17) is 0 Å². The fourth-order valence-electron chi connectivity index (χ4n) is 2.62. The van der Waals surface area contributed by atoms with Gasteiger partial charge in [-0.3, -0.25) is 24.8 Å². The Kier molecular flexibility index (Phi) is 5.50. The molecule has 0 radical (unpaired) electrons. The van der Waals surface area contributed by atoms with Crippen LogP contribution in [0.4, 0.5) is 10.8 Å². The fraction of sp³-hybridized carbons (Fsp3) is 0. The van der Waals surface area contributed by atoms with Gasteiger partial charge in [-0.1, -0.05) is 30.3 Å². The minimum Gasteiger partial charge on any atom is -0.298 e. The lowest BCUT2D eigenvalue weighted by atomic mass is 10.2. The van der Waals surface area contributed by atoms with E-state index in [1.165, 1.54) is 54.3 Å². The molecule has 150 valence electrons. The van der Waals surface area contributed by atoms with Crippen LogP contribution in [0.2, 0.25) is 0 Å². The van der Waals surface area contributed by atoms with Gasteiger partial charge in [0.25, 0.3) is 15.9 Å². The first-order valence-electron chi connectivity index (χ1n) is 8.72. The number of anilines is 2. The Bertz CT molecular complexity index is 1280. The third-order valence-electron chi connectivity index (χ3n) is 4.05. The van der Waals surface area contributed by atoms with Crippen LogP contribution in [-0.4, -0.2) is 29.3 Å². The Morgan fingerprint density at radius 3 is 2.50 bits per heavy atom. The number of aromatic nitrogens is 3. The summed E-state index contributed by atoms with van der Waals surface area (Å²) < 4.78 is 27.5. The van der Waals surface area contributed by atoms with Crippen LogP contribution in [-0.2, 0) is 10.0 Å². The molecule has 30 heavy (non-hydrogen) atoms. The molecule has 0 atom stereocenters. The number of nitrogens with zero attached hydrogens (tertiary/aromatic N) is 3. The van der Waals surface area contributed by atoms with Crippen molar-refractivity contribution in [3.63, 3.8) is 0 Å². The van der Waals surface area contributed by atoms with Gasteiger partial charge in [0.15, 0.2) is 5.13 Å². The quantitative estimate of drug-likeness (QED) is 0.476. The zero-order chi connectivity index (χ0) is 21.0. The van der Waals surface area contributed by atoms with Gasteiger partial charge in [0.1, 0.15) is 4.90 Å². The molecule has 0 unspecified atom stereocenters. The van der Waals surface area contributed by atoms with Crippen molar-refractivity contribution in [1.29, 1.82) is 0 Å². The number of pyridine rings is 2. The number of benzene rings is 1. The fourth-order valence-corrected chi connectivity index (χ4v) is 4.36. The number of carbonyl (C=O) groups is 1. The second-order valence-electron chi connectivity index (χ2n) is 6.07. The van der Waals surface area contributed by atoms with Crippen molar-refractivity contribution in [1.82, 2.24) is 15.0 Å². The molecule has 1 aromatic carbocycles. The molecule has 10 heteroatoms. The van der Waals surface area contributed by atoms with Gasteiger partial charge >= 0.3 is 0 Å². The number of sulfonamides is 1. The molecule has 0 bridgehead atoms. The van der Waals surface area contributed by atoms with Gasteiger partial charge in [-0.15, -0.1) is 11.3 Å². The number of hydrogen-bond donors (Lipinski definition) is 2. The molecule has 3 heterocycles. The standard InChI is InChI=1S/C20H15N5O3S2/c26-19(24-20-23-18(13-29-20)14-5-2-1-3-6-14)16-8-10-22-12-17(16)25-30(27,28)15-7-4-9-21-11-15/h1-13,25H,(H,23,24,26). The summed E-state index contributed by atoms with van der Waals surface area (Å²) in [6, 6.07) is 13.9. The van der Waals surface area contributed by atoms with Gasteiger partial charge in [-0.25, -0.2) is 13.4 Å². The van der Waals surface area contributed by atoms with Crippen molar-refractivity contribution in [3.8, 4) is 11.3 Å². The summed E-state index contributed by atoms with van der Waals surface area (Å²) in [5.41, 5.74) is 1.85. The second-order valence-corrected chi connectivity index (χ2v) is 8.61. The molecule has 0 saturated heterocycles. The van der Waals surface area contributed by atoms with Crippen LogP contribution in [0, 0.1) is 0 Å². The van der Waals surface area contributed by atoms with Crippen molar-refractivity contribution in [2.75, 3.05) is 10.0 Å². The molecule has 0 aliphatic heterocycles. The molecule has 0 fully saturated rings. The van der Waals surface area contributed by atoms with Gasteiger partial charge in [0.05, 0.1) is 23.1 Å². The van der Waals surface area contributed by atoms with Crippen molar-refractivity contribution in [3.05, 3.63) is 84.3 Å². The summed E-state index contributed by atoms with van der Waals surface area (Å²) in [6.07, 6.45) is 5.38. The smallest absolute Gasteiger partial charge is 0.263 e.